The van der Waals surface area contributed by atoms with E-state index in [4.69, 9.17) is 4.74 Å². The number of hydrogen-bond acceptors (Lipinski definition) is 4. The fraction of sp³-hybridized carbons (Fsp3) is 0.136. The van der Waals surface area contributed by atoms with E-state index in [-0.39, 0.29) is 33.8 Å². The third kappa shape index (κ3) is 5.01. The zero-order chi connectivity index (χ0) is 21.7. The highest BCUT2D eigenvalue weighted by molar-refractivity contribution is 9.10. The predicted octanol–water partition coefficient (Wildman–Crippen LogP) is 4.75. The average molecular weight is 489 g/mol. The molecule has 30 heavy (non-hydrogen) atoms. The number of halogens is 1. The first-order chi connectivity index (χ1) is 14.3. The number of carbonyl (C=O) groups excluding carboxylic acids is 1. The van der Waals surface area contributed by atoms with Gasteiger partial charge in [0.25, 0.3) is 15.9 Å². The molecule has 3 aromatic carbocycles. The number of anilines is 1. The maximum atomic E-state index is 13.0. The zero-order valence-corrected chi connectivity index (χ0v) is 18.8. The summed E-state index contributed by atoms with van der Waals surface area (Å²) in [7, 11) is -2.60. The summed E-state index contributed by atoms with van der Waals surface area (Å²) in [5.74, 6) is -0.184. The van der Waals surface area contributed by atoms with Gasteiger partial charge in [0.05, 0.1) is 24.4 Å². The van der Waals surface area contributed by atoms with Crippen LogP contribution in [0.25, 0.3) is 0 Å². The van der Waals surface area contributed by atoms with Gasteiger partial charge in [0.15, 0.2) is 0 Å². The molecule has 0 aliphatic heterocycles. The number of methoxy groups -OCH3 is 1. The van der Waals surface area contributed by atoms with Crippen LogP contribution in [0, 0.1) is 0 Å². The summed E-state index contributed by atoms with van der Waals surface area (Å²) in [6.07, 6.45) is 0. The van der Waals surface area contributed by atoms with Gasteiger partial charge in [-0.1, -0.05) is 58.4 Å². The van der Waals surface area contributed by atoms with Crippen LogP contribution in [0.3, 0.4) is 0 Å². The third-order valence-corrected chi connectivity index (χ3v) is 6.36. The quantitative estimate of drug-likeness (QED) is 0.502. The Balaban J connectivity index is 1.88. The Hall–Kier alpha value is -2.84. The lowest BCUT2D eigenvalue weighted by Crippen LogP contribution is -2.28. The van der Waals surface area contributed by atoms with E-state index in [2.05, 4.69) is 26.0 Å². The van der Waals surface area contributed by atoms with E-state index in [1.54, 1.807) is 36.4 Å². The number of hydrogen-bond donors (Lipinski definition) is 2. The van der Waals surface area contributed by atoms with Crippen LogP contribution in [0.5, 0.6) is 5.75 Å². The van der Waals surface area contributed by atoms with Crippen molar-refractivity contribution in [3.8, 4) is 5.75 Å². The standard InChI is InChI=1S/C22H21BrN2O4S/c1-15(16-8-4-3-5-9-16)24-22(26)18-10-6-7-11-19(18)25-30(27,28)21-14-17(23)12-13-20(21)29-2/h3-15,25H,1-2H3,(H,24,26)/t15-/m1/s1. The Morgan fingerprint density at radius 1 is 1.00 bits per heavy atom. The molecule has 0 radical (unpaired) electrons. The molecule has 0 heterocycles. The van der Waals surface area contributed by atoms with E-state index < -0.39 is 10.0 Å². The van der Waals surface area contributed by atoms with Crippen molar-refractivity contribution in [3.63, 3.8) is 0 Å². The highest BCUT2D eigenvalue weighted by atomic mass is 79.9. The van der Waals surface area contributed by atoms with Gasteiger partial charge in [-0.15, -0.1) is 0 Å². The smallest absolute Gasteiger partial charge is 0.265 e. The lowest BCUT2D eigenvalue weighted by Gasteiger charge is -2.17. The minimum Gasteiger partial charge on any atom is -0.495 e. The van der Waals surface area contributed by atoms with Crippen molar-refractivity contribution in [2.24, 2.45) is 0 Å². The van der Waals surface area contributed by atoms with Gasteiger partial charge < -0.3 is 10.1 Å². The molecule has 0 aliphatic rings. The van der Waals surface area contributed by atoms with Crippen molar-refractivity contribution in [1.29, 1.82) is 0 Å². The number of benzene rings is 3. The number of rotatable bonds is 7. The Bertz CT molecular complexity index is 1150. The number of amides is 1. The Morgan fingerprint density at radius 2 is 1.67 bits per heavy atom. The summed E-state index contributed by atoms with van der Waals surface area (Å²) in [5, 5.41) is 2.90. The zero-order valence-electron chi connectivity index (χ0n) is 16.4. The van der Waals surface area contributed by atoms with Crippen LogP contribution in [0.2, 0.25) is 0 Å². The van der Waals surface area contributed by atoms with E-state index >= 15 is 0 Å². The van der Waals surface area contributed by atoms with Crippen molar-refractivity contribution >= 4 is 37.5 Å². The van der Waals surface area contributed by atoms with Gasteiger partial charge in [-0.05, 0) is 42.8 Å². The molecule has 0 saturated heterocycles. The molecule has 0 unspecified atom stereocenters. The summed E-state index contributed by atoms with van der Waals surface area (Å²) in [4.78, 5) is 12.8. The minimum atomic E-state index is -4.00. The van der Waals surface area contributed by atoms with Crippen molar-refractivity contribution in [1.82, 2.24) is 5.32 Å². The first-order valence-electron chi connectivity index (χ1n) is 9.13. The molecule has 1 atom stereocenters. The van der Waals surface area contributed by atoms with Crippen molar-refractivity contribution < 1.29 is 17.9 Å². The number of para-hydroxylation sites is 1. The molecule has 6 nitrogen and oxygen atoms in total. The van der Waals surface area contributed by atoms with Gasteiger partial charge in [-0.3, -0.25) is 9.52 Å². The molecule has 0 fully saturated rings. The summed E-state index contributed by atoms with van der Waals surface area (Å²) in [5.41, 5.74) is 1.35. The SMILES string of the molecule is COc1ccc(Br)cc1S(=O)(=O)Nc1ccccc1C(=O)N[C@H](C)c1ccccc1. The predicted molar refractivity (Wildman–Crippen MR) is 120 cm³/mol. The second-order valence-electron chi connectivity index (χ2n) is 6.55. The van der Waals surface area contributed by atoms with Gasteiger partial charge in [0.2, 0.25) is 0 Å². The lowest BCUT2D eigenvalue weighted by molar-refractivity contribution is 0.0941. The van der Waals surface area contributed by atoms with Crippen molar-refractivity contribution in [2.45, 2.75) is 17.9 Å². The highest BCUT2D eigenvalue weighted by Crippen LogP contribution is 2.30. The van der Waals surface area contributed by atoms with E-state index in [0.29, 0.717) is 4.47 Å². The fourth-order valence-corrected chi connectivity index (χ4v) is 4.72. The summed E-state index contributed by atoms with van der Waals surface area (Å²) in [6.45, 7) is 1.87. The molecule has 0 bridgehead atoms. The number of carbonyl (C=O) groups is 1. The van der Waals surface area contributed by atoms with Gasteiger partial charge >= 0.3 is 0 Å². The van der Waals surface area contributed by atoms with Crippen molar-refractivity contribution in [3.05, 3.63) is 88.4 Å². The van der Waals surface area contributed by atoms with Crippen LogP contribution in [0.4, 0.5) is 5.69 Å². The molecule has 0 aliphatic carbocycles. The maximum absolute atomic E-state index is 13.0. The van der Waals surface area contributed by atoms with Crippen LogP contribution in [-0.4, -0.2) is 21.4 Å². The molecule has 3 aromatic rings. The topological polar surface area (TPSA) is 84.5 Å². The highest BCUT2D eigenvalue weighted by Gasteiger charge is 2.23. The molecule has 2 N–H and O–H groups in total. The van der Waals surface area contributed by atoms with E-state index in [1.165, 1.54) is 13.2 Å². The molecule has 0 aromatic heterocycles. The van der Waals surface area contributed by atoms with Gasteiger partial charge in [-0.2, -0.15) is 0 Å². The molecule has 1 amide bonds. The average Bonchev–Trinajstić information content (AvgIpc) is 2.74. The van der Waals surface area contributed by atoms with Crippen LogP contribution < -0.4 is 14.8 Å². The monoisotopic (exact) mass is 488 g/mol. The number of nitrogens with one attached hydrogen (secondary N) is 2. The lowest BCUT2D eigenvalue weighted by atomic mass is 10.1. The van der Waals surface area contributed by atoms with Gasteiger partial charge in [-0.25, -0.2) is 8.42 Å². The van der Waals surface area contributed by atoms with Crippen molar-refractivity contribution in [2.75, 3.05) is 11.8 Å². The fourth-order valence-electron chi connectivity index (χ4n) is 2.93. The molecular weight excluding hydrogens is 468 g/mol. The molecule has 8 heteroatoms. The number of ether oxygens (including phenoxy) is 1. The van der Waals surface area contributed by atoms with Gasteiger partial charge in [0.1, 0.15) is 10.6 Å². The van der Waals surface area contributed by atoms with Crippen LogP contribution in [0.15, 0.2) is 82.2 Å². The minimum absolute atomic E-state index is 0.0350. The Morgan fingerprint density at radius 3 is 2.37 bits per heavy atom. The molecule has 156 valence electrons. The molecule has 0 spiro atoms. The number of sulfonamides is 1. The molecule has 0 saturated carbocycles. The summed E-state index contributed by atoms with van der Waals surface area (Å²) < 4.78 is 34.3. The van der Waals surface area contributed by atoms with E-state index in [0.717, 1.165) is 5.56 Å². The molecule has 3 rings (SSSR count). The summed E-state index contributed by atoms with van der Waals surface area (Å²) >= 11 is 3.28. The van der Waals surface area contributed by atoms with Crippen LogP contribution in [0.1, 0.15) is 28.9 Å². The van der Waals surface area contributed by atoms with Gasteiger partial charge in [0, 0.05) is 4.47 Å². The van der Waals surface area contributed by atoms with Crippen LogP contribution >= 0.6 is 15.9 Å². The van der Waals surface area contributed by atoms with E-state index in [9.17, 15) is 13.2 Å². The summed E-state index contributed by atoms with van der Waals surface area (Å²) in [6, 6.07) is 20.4. The molecular formula is C22H21BrN2O4S. The third-order valence-electron chi connectivity index (χ3n) is 4.48. The second-order valence-corrected chi connectivity index (χ2v) is 9.12. The Labute approximate surface area is 184 Å². The largest absolute Gasteiger partial charge is 0.495 e. The maximum Gasteiger partial charge on any atom is 0.265 e. The Kier molecular flexibility index (Phi) is 6.79. The normalized spacial score (nSPS) is 12.1. The van der Waals surface area contributed by atoms with E-state index in [1.807, 2.05) is 37.3 Å². The van der Waals surface area contributed by atoms with Crippen LogP contribution in [-0.2, 0) is 10.0 Å². The first kappa shape index (κ1) is 21.9. The second kappa shape index (κ2) is 9.32. The first-order valence-corrected chi connectivity index (χ1v) is 11.4.